The summed E-state index contributed by atoms with van der Waals surface area (Å²) in [4.78, 5) is 13.7. The Morgan fingerprint density at radius 3 is 2.64 bits per heavy atom. The standard InChI is InChI=1S/C16H24N8.HI/c1-3-17-16(19-12-15-21-20-13-22(15)2)24-10-8-23(9-11-24)14-6-4-5-7-18-14;/h4-7,13H,3,8-12H2,1-2H3,(H,17,19);1H. The normalized spacial score (nSPS) is 15.0. The van der Waals surface area contributed by atoms with E-state index in [9.17, 15) is 0 Å². The smallest absolute Gasteiger partial charge is 0.194 e. The first-order chi connectivity index (χ1) is 11.8. The molecular formula is C16H25IN8. The van der Waals surface area contributed by atoms with Crippen LogP contribution in [-0.2, 0) is 13.6 Å². The van der Waals surface area contributed by atoms with Gasteiger partial charge in [0.15, 0.2) is 11.8 Å². The SMILES string of the molecule is CCNC(=NCc1nncn1C)N1CCN(c2ccccn2)CC1.I. The number of aliphatic imine (C=N–C) groups is 1. The van der Waals surface area contributed by atoms with Gasteiger partial charge < -0.3 is 19.7 Å². The van der Waals surface area contributed by atoms with Crippen molar-refractivity contribution in [2.75, 3.05) is 37.6 Å². The zero-order valence-corrected chi connectivity index (χ0v) is 17.0. The van der Waals surface area contributed by atoms with E-state index in [-0.39, 0.29) is 24.0 Å². The Labute approximate surface area is 165 Å². The van der Waals surface area contributed by atoms with Crippen LogP contribution in [0.25, 0.3) is 0 Å². The van der Waals surface area contributed by atoms with Gasteiger partial charge in [-0.3, -0.25) is 0 Å². The fourth-order valence-electron chi connectivity index (χ4n) is 2.71. The first-order valence-corrected chi connectivity index (χ1v) is 8.30. The molecule has 2 aromatic heterocycles. The second-order valence-corrected chi connectivity index (χ2v) is 5.69. The molecule has 1 saturated heterocycles. The molecule has 0 atom stereocenters. The van der Waals surface area contributed by atoms with E-state index in [1.165, 1.54) is 0 Å². The van der Waals surface area contributed by atoms with E-state index in [2.05, 4.69) is 43.3 Å². The van der Waals surface area contributed by atoms with Gasteiger partial charge in [0, 0.05) is 46.0 Å². The van der Waals surface area contributed by atoms with Gasteiger partial charge >= 0.3 is 0 Å². The molecule has 0 bridgehead atoms. The molecule has 25 heavy (non-hydrogen) atoms. The summed E-state index contributed by atoms with van der Waals surface area (Å²) in [6, 6.07) is 6.03. The van der Waals surface area contributed by atoms with Gasteiger partial charge in [0.25, 0.3) is 0 Å². The number of pyridine rings is 1. The van der Waals surface area contributed by atoms with Crippen molar-refractivity contribution in [3.05, 3.63) is 36.5 Å². The predicted octanol–water partition coefficient (Wildman–Crippen LogP) is 1.12. The number of rotatable bonds is 4. The third-order valence-electron chi connectivity index (χ3n) is 4.06. The van der Waals surface area contributed by atoms with E-state index < -0.39 is 0 Å². The van der Waals surface area contributed by atoms with Gasteiger partial charge in [0.1, 0.15) is 18.7 Å². The summed E-state index contributed by atoms with van der Waals surface area (Å²) < 4.78 is 1.89. The van der Waals surface area contributed by atoms with Gasteiger partial charge in [0.05, 0.1) is 0 Å². The minimum absolute atomic E-state index is 0. The number of nitrogens with one attached hydrogen (secondary N) is 1. The van der Waals surface area contributed by atoms with Gasteiger partial charge in [-0.25, -0.2) is 9.98 Å². The van der Waals surface area contributed by atoms with Crippen LogP contribution in [0, 0.1) is 0 Å². The number of aromatic nitrogens is 4. The zero-order valence-electron chi connectivity index (χ0n) is 14.7. The molecule has 8 nitrogen and oxygen atoms in total. The van der Waals surface area contributed by atoms with E-state index >= 15 is 0 Å². The summed E-state index contributed by atoms with van der Waals surface area (Å²) >= 11 is 0. The first kappa shape index (κ1) is 19.4. The number of halogens is 1. The molecular weight excluding hydrogens is 431 g/mol. The molecule has 3 heterocycles. The second kappa shape index (κ2) is 9.54. The van der Waals surface area contributed by atoms with E-state index in [1.54, 1.807) is 6.33 Å². The van der Waals surface area contributed by atoms with Crippen LogP contribution in [0.2, 0.25) is 0 Å². The summed E-state index contributed by atoms with van der Waals surface area (Å²) in [5, 5.41) is 11.4. The number of hydrogen-bond donors (Lipinski definition) is 1. The molecule has 3 rings (SSSR count). The number of nitrogens with zero attached hydrogens (tertiary/aromatic N) is 7. The van der Waals surface area contributed by atoms with Crippen molar-refractivity contribution in [2.24, 2.45) is 12.0 Å². The quantitative estimate of drug-likeness (QED) is 0.422. The number of guanidine groups is 1. The fourth-order valence-corrected chi connectivity index (χ4v) is 2.71. The summed E-state index contributed by atoms with van der Waals surface area (Å²) in [6.07, 6.45) is 3.54. The van der Waals surface area contributed by atoms with Gasteiger partial charge in [-0.2, -0.15) is 0 Å². The van der Waals surface area contributed by atoms with Crippen LogP contribution in [0.3, 0.4) is 0 Å². The van der Waals surface area contributed by atoms with Crippen molar-refractivity contribution >= 4 is 35.8 Å². The molecule has 0 radical (unpaired) electrons. The molecule has 0 amide bonds. The monoisotopic (exact) mass is 456 g/mol. The zero-order chi connectivity index (χ0) is 16.8. The Bertz CT molecular complexity index is 664. The van der Waals surface area contributed by atoms with Crippen molar-refractivity contribution < 1.29 is 0 Å². The van der Waals surface area contributed by atoms with E-state index in [4.69, 9.17) is 4.99 Å². The van der Waals surface area contributed by atoms with E-state index in [0.717, 1.165) is 50.3 Å². The summed E-state index contributed by atoms with van der Waals surface area (Å²) in [5.41, 5.74) is 0. The second-order valence-electron chi connectivity index (χ2n) is 5.69. The van der Waals surface area contributed by atoms with Gasteiger partial charge in [0.2, 0.25) is 0 Å². The van der Waals surface area contributed by atoms with E-state index in [1.807, 2.05) is 29.9 Å². The third-order valence-corrected chi connectivity index (χ3v) is 4.06. The molecule has 0 aromatic carbocycles. The number of aryl methyl sites for hydroxylation is 1. The highest BCUT2D eigenvalue weighted by atomic mass is 127. The van der Waals surface area contributed by atoms with Crippen LogP contribution < -0.4 is 10.2 Å². The van der Waals surface area contributed by atoms with E-state index in [0.29, 0.717) is 6.54 Å². The Balaban J connectivity index is 0.00000225. The molecule has 1 aliphatic heterocycles. The topological polar surface area (TPSA) is 74.5 Å². The highest BCUT2D eigenvalue weighted by Crippen LogP contribution is 2.12. The molecule has 136 valence electrons. The molecule has 0 saturated carbocycles. The molecule has 1 aliphatic rings. The highest BCUT2D eigenvalue weighted by Gasteiger charge is 2.20. The van der Waals surface area contributed by atoms with Crippen LogP contribution in [0.5, 0.6) is 0 Å². The fraction of sp³-hybridized carbons (Fsp3) is 0.500. The van der Waals surface area contributed by atoms with Crippen LogP contribution in [0.15, 0.2) is 35.7 Å². The van der Waals surface area contributed by atoms with Crippen molar-refractivity contribution in [1.82, 2.24) is 30.0 Å². The van der Waals surface area contributed by atoms with Gasteiger partial charge in [-0.1, -0.05) is 6.07 Å². The van der Waals surface area contributed by atoms with Crippen LogP contribution in [0.1, 0.15) is 12.7 Å². The Hall–Kier alpha value is -1.91. The summed E-state index contributed by atoms with van der Waals surface area (Å²) in [7, 11) is 1.93. The Morgan fingerprint density at radius 2 is 2.04 bits per heavy atom. The molecule has 0 unspecified atom stereocenters. The molecule has 9 heteroatoms. The lowest BCUT2D eigenvalue weighted by Gasteiger charge is -2.37. The van der Waals surface area contributed by atoms with Crippen LogP contribution in [0.4, 0.5) is 5.82 Å². The minimum atomic E-state index is 0. The maximum atomic E-state index is 4.71. The Morgan fingerprint density at radius 1 is 1.24 bits per heavy atom. The van der Waals surface area contributed by atoms with Gasteiger partial charge in [-0.15, -0.1) is 34.2 Å². The lowest BCUT2D eigenvalue weighted by Crippen LogP contribution is -2.52. The highest BCUT2D eigenvalue weighted by molar-refractivity contribution is 14.0. The average molecular weight is 456 g/mol. The summed E-state index contributed by atoms with van der Waals surface area (Å²) in [5.74, 6) is 2.83. The lowest BCUT2D eigenvalue weighted by atomic mass is 10.3. The van der Waals surface area contributed by atoms with Crippen molar-refractivity contribution in [1.29, 1.82) is 0 Å². The van der Waals surface area contributed by atoms with Crippen molar-refractivity contribution in [3.8, 4) is 0 Å². The summed E-state index contributed by atoms with van der Waals surface area (Å²) in [6.45, 7) is 7.17. The maximum absolute atomic E-state index is 4.71. The lowest BCUT2D eigenvalue weighted by molar-refractivity contribution is 0.371. The van der Waals surface area contributed by atoms with Gasteiger partial charge in [-0.05, 0) is 19.1 Å². The number of anilines is 1. The largest absolute Gasteiger partial charge is 0.357 e. The van der Waals surface area contributed by atoms with Crippen molar-refractivity contribution in [3.63, 3.8) is 0 Å². The maximum Gasteiger partial charge on any atom is 0.194 e. The van der Waals surface area contributed by atoms with Crippen LogP contribution in [-0.4, -0.2) is 63.3 Å². The van der Waals surface area contributed by atoms with Crippen molar-refractivity contribution in [2.45, 2.75) is 13.5 Å². The average Bonchev–Trinajstić information content (AvgIpc) is 3.04. The predicted molar refractivity (Wildman–Crippen MR) is 109 cm³/mol. The first-order valence-electron chi connectivity index (χ1n) is 8.30. The molecule has 1 N–H and O–H groups in total. The Kier molecular flexibility index (Phi) is 7.41. The third kappa shape index (κ3) is 5.03. The molecule has 2 aromatic rings. The molecule has 1 fully saturated rings. The minimum Gasteiger partial charge on any atom is -0.357 e. The number of piperazine rings is 1. The molecule has 0 aliphatic carbocycles. The van der Waals surface area contributed by atoms with Crippen LogP contribution >= 0.6 is 24.0 Å². The molecule has 0 spiro atoms. The number of hydrogen-bond acceptors (Lipinski definition) is 5.